The third-order valence-electron chi connectivity index (χ3n) is 6.63. The largest absolute Gasteiger partial charge is 0.494 e. The molecule has 1 unspecified atom stereocenters. The van der Waals surface area contributed by atoms with Crippen molar-refractivity contribution in [3.63, 3.8) is 0 Å². The zero-order valence-corrected chi connectivity index (χ0v) is 19.5. The van der Waals surface area contributed by atoms with Gasteiger partial charge in [0.15, 0.2) is 5.82 Å². The Morgan fingerprint density at radius 1 is 1.29 bits per heavy atom. The number of amides is 1. The molecule has 2 aromatic heterocycles. The molecule has 1 atom stereocenters. The quantitative estimate of drug-likeness (QED) is 0.494. The highest BCUT2D eigenvalue weighted by Crippen LogP contribution is 2.34. The molecule has 1 aliphatic heterocycles. The third-order valence-corrected chi connectivity index (χ3v) is 6.63. The lowest BCUT2D eigenvalue weighted by atomic mass is 10.0. The van der Waals surface area contributed by atoms with E-state index in [1.54, 1.807) is 13.2 Å². The zero-order chi connectivity index (χ0) is 23.8. The summed E-state index contributed by atoms with van der Waals surface area (Å²) < 4.78 is 9.83. The number of piperidine rings is 1. The van der Waals surface area contributed by atoms with Gasteiger partial charge in [-0.25, -0.2) is 4.98 Å². The number of nitrogens with two attached hydrogens (primary N) is 1. The molecule has 0 radical (unpaired) electrons. The Morgan fingerprint density at radius 3 is 2.88 bits per heavy atom. The van der Waals surface area contributed by atoms with Gasteiger partial charge in [-0.2, -0.15) is 5.26 Å². The van der Waals surface area contributed by atoms with Crippen LogP contribution in [0.15, 0.2) is 42.5 Å². The maximum Gasteiger partial charge on any atom is 0.254 e. The number of likely N-dealkylation sites (tertiary alicyclic amines) is 1. The molecule has 1 fully saturated rings. The Balaban J connectivity index is 1.64. The topological polar surface area (TPSA) is 102 Å². The number of carbonyl (C=O) groups excluding carboxylic acids is 1. The summed E-state index contributed by atoms with van der Waals surface area (Å²) in [6.07, 6.45) is 2.25. The molecule has 174 valence electrons. The number of para-hydroxylation sites is 1. The average molecular weight is 457 g/mol. The van der Waals surface area contributed by atoms with Crippen LogP contribution >= 0.6 is 0 Å². The third kappa shape index (κ3) is 3.68. The fraction of sp³-hybridized carbons (Fsp3) is 0.346. The van der Waals surface area contributed by atoms with E-state index in [2.05, 4.69) is 28.8 Å². The van der Waals surface area contributed by atoms with Crippen LogP contribution in [0.25, 0.3) is 33.5 Å². The second-order valence-electron chi connectivity index (χ2n) is 8.84. The van der Waals surface area contributed by atoms with Crippen molar-refractivity contribution in [3.8, 4) is 23.3 Å². The molecule has 0 spiro atoms. The Morgan fingerprint density at radius 2 is 2.12 bits per heavy atom. The number of fused-ring (bicyclic) bond motifs is 2. The van der Waals surface area contributed by atoms with Crippen LogP contribution in [-0.2, 0) is 13.6 Å². The summed E-state index contributed by atoms with van der Waals surface area (Å²) in [5.74, 6) is 1.31. The number of nitriles is 1. The highest BCUT2D eigenvalue weighted by Gasteiger charge is 2.25. The van der Waals surface area contributed by atoms with E-state index in [4.69, 9.17) is 15.5 Å². The summed E-state index contributed by atoms with van der Waals surface area (Å²) in [6.45, 7) is 1.84. The number of methoxy groups -OCH3 is 1. The average Bonchev–Trinajstić information content (AvgIpc) is 3.38. The number of hydrogen-bond donors (Lipinski definition) is 1. The van der Waals surface area contributed by atoms with Crippen molar-refractivity contribution in [2.24, 2.45) is 12.8 Å². The predicted molar refractivity (Wildman–Crippen MR) is 132 cm³/mol. The number of carbonyl (C=O) groups is 1. The number of benzene rings is 2. The van der Waals surface area contributed by atoms with Gasteiger partial charge in [-0.1, -0.05) is 18.2 Å². The van der Waals surface area contributed by atoms with E-state index in [0.717, 1.165) is 40.8 Å². The molecule has 8 nitrogen and oxygen atoms in total. The van der Waals surface area contributed by atoms with Crippen molar-refractivity contribution in [3.05, 3.63) is 48.0 Å². The van der Waals surface area contributed by atoms with Crippen LogP contribution in [0.2, 0.25) is 0 Å². The van der Waals surface area contributed by atoms with Crippen molar-refractivity contribution < 1.29 is 9.53 Å². The van der Waals surface area contributed by atoms with Crippen LogP contribution in [-0.4, -0.2) is 51.2 Å². The minimum Gasteiger partial charge on any atom is -0.494 e. The SMILES string of the molecule is COc1cc(C(=O)N2CCCC(N)C2)cc2nc(-c3cc4ccccc4n3CCC#N)n(C)c12. The molecule has 5 rings (SSSR count). The molecule has 2 N–H and O–H groups in total. The first-order valence-corrected chi connectivity index (χ1v) is 11.6. The summed E-state index contributed by atoms with van der Waals surface area (Å²) in [5.41, 5.74) is 10.1. The predicted octanol–water partition coefficient (Wildman–Crippen LogP) is 3.68. The highest BCUT2D eigenvalue weighted by atomic mass is 16.5. The molecular weight excluding hydrogens is 428 g/mol. The fourth-order valence-corrected chi connectivity index (χ4v) is 4.99. The van der Waals surface area contributed by atoms with Gasteiger partial charge in [-0.15, -0.1) is 0 Å². The molecule has 3 heterocycles. The number of aryl methyl sites for hydroxylation is 2. The van der Waals surface area contributed by atoms with Crippen molar-refractivity contribution in [2.45, 2.75) is 31.8 Å². The summed E-state index contributed by atoms with van der Waals surface area (Å²) in [6, 6.07) is 16.1. The Labute approximate surface area is 198 Å². The van der Waals surface area contributed by atoms with E-state index in [-0.39, 0.29) is 11.9 Å². The van der Waals surface area contributed by atoms with E-state index in [9.17, 15) is 10.1 Å². The Bertz CT molecular complexity index is 1430. The first-order chi connectivity index (χ1) is 16.5. The van der Waals surface area contributed by atoms with Gasteiger partial charge < -0.3 is 24.5 Å². The molecule has 1 saturated heterocycles. The molecule has 0 saturated carbocycles. The van der Waals surface area contributed by atoms with Crippen molar-refractivity contribution in [2.75, 3.05) is 20.2 Å². The number of hydrogen-bond acceptors (Lipinski definition) is 5. The Hall–Kier alpha value is -3.83. The Kier molecular flexibility index (Phi) is 5.72. The summed E-state index contributed by atoms with van der Waals surface area (Å²) in [4.78, 5) is 20.0. The highest BCUT2D eigenvalue weighted by molar-refractivity contribution is 6.00. The van der Waals surface area contributed by atoms with Gasteiger partial charge in [0, 0.05) is 49.2 Å². The standard InChI is InChI=1S/C26H28N6O2/c1-30-24-20(13-18(15-23(24)34-2)26(33)31-11-5-8-19(28)16-31)29-25(30)22-14-17-7-3-4-9-21(17)32(22)12-6-10-27/h3-4,7,9,13-15,19H,5-6,8,11-12,16,28H2,1-2H3. The van der Waals surface area contributed by atoms with Crippen molar-refractivity contribution in [1.82, 2.24) is 19.0 Å². The van der Waals surface area contributed by atoms with Gasteiger partial charge in [0.1, 0.15) is 11.3 Å². The summed E-state index contributed by atoms with van der Waals surface area (Å²) >= 11 is 0. The lowest BCUT2D eigenvalue weighted by molar-refractivity contribution is 0.0708. The minimum absolute atomic E-state index is 0.0140. The van der Waals surface area contributed by atoms with Gasteiger partial charge >= 0.3 is 0 Å². The number of imidazole rings is 1. The number of rotatable bonds is 5. The van der Waals surface area contributed by atoms with E-state index in [1.165, 1.54) is 0 Å². The monoisotopic (exact) mass is 456 g/mol. The molecule has 1 amide bonds. The summed E-state index contributed by atoms with van der Waals surface area (Å²) in [7, 11) is 3.56. The number of aromatic nitrogens is 3. The first kappa shape index (κ1) is 22.0. The number of ether oxygens (including phenoxy) is 1. The first-order valence-electron chi connectivity index (χ1n) is 11.6. The van der Waals surface area contributed by atoms with E-state index < -0.39 is 0 Å². The normalized spacial score (nSPS) is 16.2. The molecule has 1 aliphatic rings. The summed E-state index contributed by atoms with van der Waals surface area (Å²) in [5, 5.41) is 10.3. The van der Waals surface area contributed by atoms with Crippen LogP contribution in [0.3, 0.4) is 0 Å². The van der Waals surface area contributed by atoms with Crippen molar-refractivity contribution >= 4 is 27.8 Å². The molecule has 4 aromatic rings. The van der Waals surface area contributed by atoms with Gasteiger partial charge in [0.25, 0.3) is 5.91 Å². The van der Waals surface area contributed by atoms with Gasteiger partial charge in [-0.05, 0) is 37.1 Å². The van der Waals surface area contributed by atoms with E-state index >= 15 is 0 Å². The fourth-order valence-electron chi connectivity index (χ4n) is 4.99. The molecule has 8 heteroatoms. The van der Waals surface area contributed by atoms with Crippen LogP contribution < -0.4 is 10.5 Å². The lowest BCUT2D eigenvalue weighted by Gasteiger charge is -2.30. The maximum atomic E-state index is 13.3. The van der Waals surface area contributed by atoms with Gasteiger partial charge in [0.05, 0.1) is 30.8 Å². The molecule has 2 aromatic carbocycles. The molecule has 34 heavy (non-hydrogen) atoms. The van der Waals surface area contributed by atoms with Crippen molar-refractivity contribution in [1.29, 1.82) is 5.26 Å². The number of nitrogens with zero attached hydrogens (tertiary/aromatic N) is 5. The second-order valence-corrected chi connectivity index (χ2v) is 8.84. The van der Waals surface area contributed by atoms with Crippen LogP contribution in [0.5, 0.6) is 5.75 Å². The minimum atomic E-state index is -0.0503. The molecule has 0 aliphatic carbocycles. The van der Waals surface area contributed by atoms with Gasteiger partial charge in [0.2, 0.25) is 0 Å². The van der Waals surface area contributed by atoms with E-state index in [1.807, 2.05) is 34.7 Å². The smallest absolute Gasteiger partial charge is 0.254 e. The van der Waals surface area contributed by atoms with Gasteiger partial charge in [-0.3, -0.25) is 4.79 Å². The van der Waals surface area contributed by atoms with Crippen LogP contribution in [0, 0.1) is 11.3 Å². The van der Waals surface area contributed by atoms with Crippen LogP contribution in [0.1, 0.15) is 29.6 Å². The second kappa shape index (κ2) is 8.84. The zero-order valence-electron chi connectivity index (χ0n) is 19.5. The van der Waals surface area contributed by atoms with Crippen LogP contribution in [0.4, 0.5) is 0 Å². The molecular formula is C26H28N6O2. The van der Waals surface area contributed by atoms with E-state index in [0.29, 0.717) is 42.9 Å². The lowest BCUT2D eigenvalue weighted by Crippen LogP contribution is -2.45. The maximum absolute atomic E-state index is 13.3. The molecule has 0 bridgehead atoms.